The molecule has 5 heteroatoms. The summed E-state index contributed by atoms with van der Waals surface area (Å²) in [6, 6.07) is 3.23. The largest absolute Gasteiger partial charge is 0.491 e. The second kappa shape index (κ2) is 4.38. The van der Waals surface area contributed by atoms with Gasteiger partial charge in [0.2, 0.25) is 0 Å². The average Bonchev–Trinajstić information content (AvgIpc) is 3.01. The normalized spacial score (nSPS) is 14.6. The highest BCUT2D eigenvalue weighted by Gasteiger charge is 2.22. The minimum Gasteiger partial charge on any atom is -0.491 e. The Kier molecular flexibility index (Phi) is 2.94. The summed E-state index contributed by atoms with van der Waals surface area (Å²) in [6.45, 7) is 0.552. The van der Waals surface area contributed by atoms with Crippen molar-refractivity contribution in [1.29, 1.82) is 0 Å². The second-order valence-corrected chi connectivity index (χ2v) is 3.88. The fraction of sp³-hybridized carbons (Fsp3) is 0.364. The molecule has 0 aliphatic heterocycles. The molecule has 0 spiro atoms. The van der Waals surface area contributed by atoms with Gasteiger partial charge in [-0.1, -0.05) is 0 Å². The van der Waals surface area contributed by atoms with Crippen molar-refractivity contribution in [3.8, 4) is 5.75 Å². The van der Waals surface area contributed by atoms with E-state index in [9.17, 15) is 9.18 Å². The number of carbonyl (C=O) groups is 1. The van der Waals surface area contributed by atoms with Crippen LogP contribution in [-0.4, -0.2) is 12.6 Å². The minimum absolute atomic E-state index is 0.325. The van der Waals surface area contributed by atoms with Crippen LogP contribution in [0.25, 0.3) is 0 Å². The standard InChI is InChI=1S/C11H13FN2O2/c12-8-3-4-9(14-11(13)15)10(5-8)16-6-7-1-2-7/h3-5,7H,1-2,6H2,(H3,13,14,15). The summed E-state index contributed by atoms with van der Waals surface area (Å²) in [5.74, 6) is 0.483. The highest BCUT2D eigenvalue weighted by atomic mass is 19.1. The van der Waals surface area contributed by atoms with Crippen LogP contribution in [0.2, 0.25) is 0 Å². The van der Waals surface area contributed by atoms with Crippen molar-refractivity contribution < 1.29 is 13.9 Å². The molecule has 1 aromatic carbocycles. The minimum atomic E-state index is -0.692. The molecule has 1 fully saturated rings. The lowest BCUT2D eigenvalue weighted by Crippen LogP contribution is -2.20. The third-order valence-electron chi connectivity index (χ3n) is 2.37. The maximum absolute atomic E-state index is 13.0. The molecule has 0 unspecified atom stereocenters. The summed E-state index contributed by atoms with van der Waals surface area (Å²) in [4.78, 5) is 10.7. The van der Waals surface area contributed by atoms with Crippen LogP contribution < -0.4 is 15.8 Å². The fourth-order valence-corrected chi connectivity index (χ4v) is 1.34. The Morgan fingerprint density at radius 2 is 2.31 bits per heavy atom. The predicted molar refractivity (Wildman–Crippen MR) is 57.8 cm³/mol. The Balaban J connectivity index is 2.10. The smallest absolute Gasteiger partial charge is 0.316 e. The number of amides is 2. The zero-order valence-electron chi connectivity index (χ0n) is 8.70. The van der Waals surface area contributed by atoms with Crippen molar-refractivity contribution in [3.05, 3.63) is 24.0 Å². The van der Waals surface area contributed by atoms with E-state index in [1.54, 1.807) is 0 Å². The lowest BCUT2D eigenvalue weighted by Gasteiger charge is -2.11. The highest BCUT2D eigenvalue weighted by Crippen LogP contribution is 2.32. The van der Waals surface area contributed by atoms with Crippen LogP contribution in [0.1, 0.15) is 12.8 Å². The van der Waals surface area contributed by atoms with Gasteiger partial charge in [0.1, 0.15) is 11.6 Å². The van der Waals surface area contributed by atoms with E-state index in [0.29, 0.717) is 24.0 Å². The van der Waals surface area contributed by atoms with Crippen LogP contribution in [-0.2, 0) is 0 Å². The summed E-state index contributed by atoms with van der Waals surface area (Å²) in [6.07, 6.45) is 2.29. The van der Waals surface area contributed by atoms with E-state index in [1.807, 2.05) is 0 Å². The van der Waals surface area contributed by atoms with Crippen molar-refractivity contribution >= 4 is 11.7 Å². The Labute approximate surface area is 92.6 Å². The van der Waals surface area contributed by atoms with Crippen molar-refractivity contribution in [1.82, 2.24) is 0 Å². The number of hydrogen-bond donors (Lipinski definition) is 2. The van der Waals surface area contributed by atoms with E-state index in [4.69, 9.17) is 10.5 Å². The molecule has 0 aromatic heterocycles. The van der Waals surface area contributed by atoms with Crippen molar-refractivity contribution in [2.75, 3.05) is 11.9 Å². The van der Waals surface area contributed by atoms with E-state index in [-0.39, 0.29) is 0 Å². The highest BCUT2D eigenvalue weighted by molar-refractivity contribution is 5.89. The molecule has 0 heterocycles. The molecule has 1 aliphatic rings. The molecular weight excluding hydrogens is 211 g/mol. The van der Waals surface area contributed by atoms with Crippen molar-refractivity contribution in [3.63, 3.8) is 0 Å². The number of hydrogen-bond acceptors (Lipinski definition) is 2. The van der Waals surface area contributed by atoms with Gasteiger partial charge >= 0.3 is 6.03 Å². The van der Waals surface area contributed by atoms with Gasteiger partial charge in [-0.2, -0.15) is 0 Å². The van der Waals surface area contributed by atoms with Gasteiger partial charge in [0.05, 0.1) is 12.3 Å². The summed E-state index contributed by atoms with van der Waals surface area (Å²) in [5.41, 5.74) is 5.40. The molecule has 2 rings (SSSR count). The Hall–Kier alpha value is -1.78. The molecule has 86 valence electrons. The first-order chi connectivity index (χ1) is 7.65. The van der Waals surface area contributed by atoms with E-state index in [0.717, 1.165) is 12.8 Å². The molecule has 3 N–H and O–H groups in total. The quantitative estimate of drug-likeness (QED) is 0.822. The molecule has 0 bridgehead atoms. The number of carbonyl (C=O) groups excluding carboxylic acids is 1. The van der Waals surface area contributed by atoms with Gasteiger partial charge in [-0.05, 0) is 30.9 Å². The van der Waals surface area contributed by atoms with Gasteiger partial charge in [-0.15, -0.1) is 0 Å². The van der Waals surface area contributed by atoms with E-state index < -0.39 is 11.8 Å². The maximum atomic E-state index is 13.0. The SMILES string of the molecule is NC(=O)Nc1ccc(F)cc1OCC1CC1. The van der Waals surface area contributed by atoms with Crippen LogP contribution in [0.3, 0.4) is 0 Å². The number of urea groups is 1. The van der Waals surface area contributed by atoms with Crippen LogP contribution in [0.4, 0.5) is 14.9 Å². The molecule has 0 saturated heterocycles. The molecule has 16 heavy (non-hydrogen) atoms. The molecule has 0 atom stereocenters. The number of primary amides is 1. The lowest BCUT2D eigenvalue weighted by atomic mass is 10.3. The number of halogens is 1. The van der Waals surface area contributed by atoms with Crippen molar-refractivity contribution in [2.45, 2.75) is 12.8 Å². The number of nitrogens with one attached hydrogen (secondary N) is 1. The zero-order chi connectivity index (χ0) is 11.5. The van der Waals surface area contributed by atoms with E-state index in [2.05, 4.69) is 5.32 Å². The predicted octanol–water partition coefficient (Wildman–Crippen LogP) is 2.11. The number of anilines is 1. The van der Waals surface area contributed by atoms with E-state index in [1.165, 1.54) is 18.2 Å². The summed E-state index contributed by atoms with van der Waals surface area (Å²) < 4.78 is 18.4. The molecule has 4 nitrogen and oxygen atoms in total. The lowest BCUT2D eigenvalue weighted by molar-refractivity contribution is 0.259. The summed E-state index contributed by atoms with van der Waals surface area (Å²) in [5, 5.41) is 2.39. The summed E-state index contributed by atoms with van der Waals surface area (Å²) in [7, 11) is 0. The van der Waals surface area contributed by atoms with Gasteiger partial charge in [-0.3, -0.25) is 0 Å². The molecule has 1 aromatic rings. The molecule has 0 radical (unpaired) electrons. The molecule has 1 aliphatic carbocycles. The van der Waals surface area contributed by atoms with Crippen molar-refractivity contribution in [2.24, 2.45) is 11.7 Å². The third kappa shape index (κ3) is 2.85. The van der Waals surface area contributed by atoms with Gasteiger partial charge in [-0.25, -0.2) is 9.18 Å². The third-order valence-corrected chi connectivity index (χ3v) is 2.37. The Bertz CT molecular complexity index is 405. The van der Waals surface area contributed by atoms with E-state index >= 15 is 0 Å². The van der Waals surface area contributed by atoms with Crippen LogP contribution in [0, 0.1) is 11.7 Å². The van der Waals surface area contributed by atoms with Crippen LogP contribution >= 0.6 is 0 Å². The first-order valence-electron chi connectivity index (χ1n) is 5.14. The first kappa shape index (κ1) is 10.7. The molecular formula is C11H13FN2O2. The number of nitrogens with two attached hydrogens (primary N) is 1. The Morgan fingerprint density at radius 1 is 1.56 bits per heavy atom. The zero-order valence-corrected chi connectivity index (χ0v) is 8.70. The second-order valence-electron chi connectivity index (χ2n) is 3.88. The van der Waals surface area contributed by atoms with Crippen LogP contribution in [0.5, 0.6) is 5.75 Å². The number of benzene rings is 1. The van der Waals surface area contributed by atoms with Gasteiger partial charge in [0.15, 0.2) is 0 Å². The molecule has 1 saturated carbocycles. The fourth-order valence-electron chi connectivity index (χ4n) is 1.34. The Morgan fingerprint density at radius 3 is 2.94 bits per heavy atom. The number of rotatable bonds is 4. The average molecular weight is 224 g/mol. The van der Waals surface area contributed by atoms with Gasteiger partial charge < -0.3 is 15.8 Å². The number of ether oxygens (including phenoxy) is 1. The molecule has 2 amide bonds. The maximum Gasteiger partial charge on any atom is 0.316 e. The summed E-state index contributed by atoms with van der Waals surface area (Å²) >= 11 is 0. The first-order valence-corrected chi connectivity index (χ1v) is 5.14. The topological polar surface area (TPSA) is 64.4 Å². The van der Waals surface area contributed by atoms with Gasteiger partial charge in [0.25, 0.3) is 0 Å². The monoisotopic (exact) mass is 224 g/mol. The van der Waals surface area contributed by atoms with Crippen LogP contribution in [0.15, 0.2) is 18.2 Å². The van der Waals surface area contributed by atoms with Gasteiger partial charge in [0, 0.05) is 6.07 Å².